The van der Waals surface area contributed by atoms with Gasteiger partial charge in [-0.3, -0.25) is 0 Å². The topological polar surface area (TPSA) is 26.0 Å². The van der Waals surface area contributed by atoms with Gasteiger partial charge in [0.2, 0.25) is 0 Å². The molecule has 0 aliphatic rings. The van der Waals surface area contributed by atoms with Crippen molar-refractivity contribution < 1.29 is 0 Å². The number of rotatable bonds is 2. The first-order valence-electron chi connectivity index (χ1n) is 2.70. The molecule has 1 heterocycles. The molecule has 0 aromatic carbocycles. The quantitative estimate of drug-likeness (QED) is 0.726. The Hall–Kier alpha value is -0.120. The van der Waals surface area contributed by atoms with Crippen LogP contribution in [0, 0.1) is 0 Å². The molecular formula is C6H6ClNS2. The Balaban J connectivity index is 2.74. The van der Waals surface area contributed by atoms with E-state index >= 15 is 0 Å². The predicted molar refractivity (Wildman–Crippen MR) is 49.8 cm³/mol. The molecule has 0 amide bonds. The highest BCUT2D eigenvalue weighted by Crippen LogP contribution is 2.22. The van der Waals surface area contributed by atoms with Crippen LogP contribution < -0.4 is 5.73 Å². The van der Waals surface area contributed by atoms with Gasteiger partial charge in [-0.15, -0.1) is 11.3 Å². The number of halogens is 1. The maximum atomic E-state index is 5.78. The molecule has 10 heavy (non-hydrogen) atoms. The molecule has 0 aliphatic heterocycles. The van der Waals surface area contributed by atoms with Crippen LogP contribution in [0.3, 0.4) is 0 Å². The van der Waals surface area contributed by atoms with Gasteiger partial charge >= 0.3 is 0 Å². The van der Waals surface area contributed by atoms with Crippen molar-refractivity contribution in [3.63, 3.8) is 0 Å². The molecule has 0 bridgehead atoms. The van der Waals surface area contributed by atoms with Gasteiger partial charge in [-0.2, -0.15) is 0 Å². The Kier molecular flexibility index (Phi) is 2.65. The molecule has 2 N–H and O–H groups in total. The zero-order chi connectivity index (χ0) is 7.56. The third-order valence-electron chi connectivity index (χ3n) is 1.03. The molecule has 0 radical (unpaired) electrons. The van der Waals surface area contributed by atoms with Gasteiger partial charge in [0, 0.05) is 11.3 Å². The Morgan fingerprint density at radius 2 is 2.50 bits per heavy atom. The van der Waals surface area contributed by atoms with Crippen molar-refractivity contribution in [1.29, 1.82) is 0 Å². The average molecular weight is 192 g/mol. The van der Waals surface area contributed by atoms with E-state index in [9.17, 15) is 0 Å². The molecule has 1 aromatic rings. The fourth-order valence-corrected chi connectivity index (χ4v) is 1.97. The van der Waals surface area contributed by atoms with Crippen LogP contribution in [0.5, 0.6) is 0 Å². The van der Waals surface area contributed by atoms with Crippen molar-refractivity contribution in [3.8, 4) is 0 Å². The van der Waals surface area contributed by atoms with Gasteiger partial charge < -0.3 is 5.73 Å². The summed E-state index contributed by atoms with van der Waals surface area (Å²) in [5.74, 6) is 0. The summed E-state index contributed by atoms with van der Waals surface area (Å²) in [7, 11) is 0. The molecule has 0 aliphatic carbocycles. The standard InChI is InChI=1S/C6H6ClNS2/c7-4-1-2-10-5(4)3-6(8)9/h1-2H,3H2,(H2,8,9). The van der Waals surface area contributed by atoms with Crippen LogP contribution in [0.1, 0.15) is 4.88 Å². The number of thiophene rings is 1. The van der Waals surface area contributed by atoms with Crippen LogP contribution >= 0.6 is 35.2 Å². The Bertz CT molecular complexity index is 244. The lowest BCUT2D eigenvalue weighted by atomic mass is 10.3. The largest absolute Gasteiger partial charge is 0.393 e. The van der Waals surface area contributed by atoms with Crippen molar-refractivity contribution >= 4 is 40.1 Å². The van der Waals surface area contributed by atoms with Crippen LogP contribution in [-0.4, -0.2) is 4.99 Å². The fourth-order valence-electron chi connectivity index (χ4n) is 0.609. The minimum Gasteiger partial charge on any atom is -0.393 e. The first-order valence-corrected chi connectivity index (χ1v) is 4.37. The second-order valence-corrected chi connectivity index (χ2v) is 3.77. The summed E-state index contributed by atoms with van der Waals surface area (Å²) in [4.78, 5) is 1.54. The fraction of sp³-hybridized carbons (Fsp3) is 0.167. The zero-order valence-electron chi connectivity index (χ0n) is 5.13. The number of hydrogen-bond acceptors (Lipinski definition) is 2. The summed E-state index contributed by atoms with van der Waals surface area (Å²) in [5.41, 5.74) is 5.33. The van der Waals surface area contributed by atoms with Gasteiger partial charge in [-0.1, -0.05) is 23.8 Å². The van der Waals surface area contributed by atoms with E-state index < -0.39 is 0 Å². The highest BCUT2D eigenvalue weighted by molar-refractivity contribution is 7.80. The van der Waals surface area contributed by atoms with Crippen molar-refractivity contribution in [1.82, 2.24) is 0 Å². The molecule has 1 rings (SSSR count). The van der Waals surface area contributed by atoms with E-state index in [1.807, 2.05) is 11.4 Å². The molecule has 4 heteroatoms. The molecule has 0 atom stereocenters. The number of hydrogen-bond donors (Lipinski definition) is 1. The van der Waals surface area contributed by atoms with Gasteiger partial charge in [0.05, 0.1) is 10.0 Å². The Morgan fingerprint density at radius 1 is 1.80 bits per heavy atom. The van der Waals surface area contributed by atoms with E-state index in [0.29, 0.717) is 11.4 Å². The molecule has 0 saturated heterocycles. The van der Waals surface area contributed by atoms with Crippen molar-refractivity contribution in [3.05, 3.63) is 21.3 Å². The molecule has 54 valence electrons. The van der Waals surface area contributed by atoms with E-state index in [-0.39, 0.29) is 0 Å². The molecule has 0 unspecified atom stereocenters. The van der Waals surface area contributed by atoms with Crippen LogP contribution in [0.4, 0.5) is 0 Å². The minimum absolute atomic E-state index is 0.490. The Morgan fingerprint density at radius 3 is 2.90 bits per heavy atom. The molecule has 0 fully saturated rings. The molecule has 0 spiro atoms. The molecular weight excluding hydrogens is 186 g/mol. The molecule has 1 nitrogen and oxygen atoms in total. The van der Waals surface area contributed by atoms with E-state index in [0.717, 1.165) is 9.90 Å². The highest BCUT2D eigenvalue weighted by atomic mass is 35.5. The lowest BCUT2D eigenvalue weighted by molar-refractivity contribution is 1.41. The van der Waals surface area contributed by atoms with Crippen LogP contribution in [0.15, 0.2) is 11.4 Å². The molecule has 1 aromatic heterocycles. The smallest absolute Gasteiger partial charge is 0.0780 e. The normalized spacial score (nSPS) is 9.70. The van der Waals surface area contributed by atoms with Gasteiger partial charge in [0.25, 0.3) is 0 Å². The SMILES string of the molecule is NC(=S)Cc1sccc1Cl. The predicted octanol–water partition coefficient (Wildman–Crippen LogP) is 2.23. The van der Waals surface area contributed by atoms with E-state index in [4.69, 9.17) is 29.6 Å². The summed E-state index contributed by atoms with van der Waals surface area (Å²) < 4.78 is 0. The first kappa shape index (κ1) is 7.98. The van der Waals surface area contributed by atoms with Crippen LogP contribution in [0.25, 0.3) is 0 Å². The minimum atomic E-state index is 0.490. The second-order valence-electron chi connectivity index (χ2n) is 1.83. The van der Waals surface area contributed by atoms with Crippen LogP contribution in [0.2, 0.25) is 5.02 Å². The Labute approximate surface area is 73.8 Å². The van der Waals surface area contributed by atoms with E-state index in [1.165, 1.54) is 0 Å². The lowest BCUT2D eigenvalue weighted by Crippen LogP contribution is -2.10. The zero-order valence-corrected chi connectivity index (χ0v) is 7.52. The van der Waals surface area contributed by atoms with Gasteiger partial charge in [-0.05, 0) is 11.4 Å². The van der Waals surface area contributed by atoms with Crippen molar-refractivity contribution in [2.75, 3.05) is 0 Å². The van der Waals surface area contributed by atoms with Crippen LogP contribution in [-0.2, 0) is 6.42 Å². The number of thiocarbonyl (C=S) groups is 1. The second kappa shape index (κ2) is 3.32. The summed E-state index contributed by atoms with van der Waals surface area (Å²) in [6.07, 6.45) is 0.617. The number of nitrogens with two attached hydrogens (primary N) is 1. The summed E-state index contributed by atoms with van der Waals surface area (Å²) in [6.45, 7) is 0. The highest BCUT2D eigenvalue weighted by Gasteiger charge is 2.01. The maximum Gasteiger partial charge on any atom is 0.0780 e. The summed E-state index contributed by atoms with van der Waals surface area (Å²) >= 11 is 12.1. The third kappa shape index (κ3) is 1.94. The monoisotopic (exact) mass is 191 g/mol. The maximum absolute atomic E-state index is 5.78. The average Bonchev–Trinajstić information content (AvgIpc) is 2.15. The van der Waals surface area contributed by atoms with E-state index in [1.54, 1.807) is 11.3 Å². The lowest BCUT2D eigenvalue weighted by Gasteiger charge is -1.93. The van der Waals surface area contributed by atoms with Gasteiger partial charge in [-0.25, -0.2) is 0 Å². The first-order chi connectivity index (χ1) is 4.70. The third-order valence-corrected chi connectivity index (χ3v) is 2.56. The summed E-state index contributed by atoms with van der Waals surface area (Å²) in [5, 5.41) is 2.69. The van der Waals surface area contributed by atoms with Gasteiger partial charge in [0.1, 0.15) is 0 Å². The molecule has 0 saturated carbocycles. The summed E-state index contributed by atoms with van der Waals surface area (Å²) in [6, 6.07) is 1.85. The van der Waals surface area contributed by atoms with Crippen molar-refractivity contribution in [2.45, 2.75) is 6.42 Å². The van der Waals surface area contributed by atoms with E-state index in [2.05, 4.69) is 0 Å². The van der Waals surface area contributed by atoms with Crippen molar-refractivity contribution in [2.24, 2.45) is 5.73 Å². The van der Waals surface area contributed by atoms with Gasteiger partial charge in [0.15, 0.2) is 0 Å².